The molecule has 4 heteroatoms. The van der Waals surface area contributed by atoms with Gasteiger partial charge < -0.3 is 9.30 Å². The number of carbonyl (C=O) groups excluding carboxylic acids is 1. The van der Waals surface area contributed by atoms with Crippen molar-refractivity contribution < 1.29 is 9.53 Å². The Hall–Kier alpha value is -1.13. The summed E-state index contributed by atoms with van der Waals surface area (Å²) in [4.78, 5) is 14.3. The van der Waals surface area contributed by atoms with Crippen LogP contribution in [0.15, 0.2) is 18.3 Å². The number of ketones is 1. The zero-order valence-corrected chi connectivity index (χ0v) is 11.3. The minimum Gasteiger partial charge on any atom is -0.378 e. The quantitative estimate of drug-likeness (QED) is 0.746. The van der Waals surface area contributed by atoms with Crippen molar-refractivity contribution in [2.24, 2.45) is 7.05 Å². The lowest BCUT2D eigenvalue weighted by atomic mass is 10.1. The van der Waals surface area contributed by atoms with Crippen LogP contribution in [0.3, 0.4) is 0 Å². The monoisotopic (exact) mass is 250 g/mol. The van der Waals surface area contributed by atoms with Gasteiger partial charge in [0.15, 0.2) is 5.78 Å². The number of rotatable bonds is 5. The summed E-state index contributed by atoms with van der Waals surface area (Å²) in [7, 11) is 1.91. The highest BCUT2D eigenvalue weighted by Crippen LogP contribution is 2.14. The summed E-state index contributed by atoms with van der Waals surface area (Å²) in [6, 6.07) is 3.80. The van der Waals surface area contributed by atoms with Crippen molar-refractivity contribution in [3.05, 3.63) is 24.0 Å². The van der Waals surface area contributed by atoms with Crippen LogP contribution in [0.4, 0.5) is 0 Å². The van der Waals surface area contributed by atoms with Crippen molar-refractivity contribution in [3.63, 3.8) is 0 Å². The van der Waals surface area contributed by atoms with Crippen LogP contribution >= 0.6 is 0 Å². The normalized spacial score (nSPS) is 18.1. The second-order valence-corrected chi connectivity index (χ2v) is 4.86. The average Bonchev–Trinajstić information content (AvgIpc) is 2.78. The van der Waals surface area contributed by atoms with Crippen LogP contribution in [-0.4, -0.2) is 47.6 Å². The minimum absolute atomic E-state index is 0.206. The fraction of sp³-hybridized carbons (Fsp3) is 0.643. The Morgan fingerprint density at radius 1 is 1.44 bits per heavy atom. The predicted octanol–water partition coefficient (Wildman–Crippen LogP) is 1.71. The molecule has 1 saturated heterocycles. The third-order valence-electron chi connectivity index (χ3n) is 3.53. The molecule has 0 saturated carbocycles. The highest BCUT2D eigenvalue weighted by molar-refractivity contribution is 5.96. The highest BCUT2D eigenvalue weighted by Gasteiger charge is 2.21. The van der Waals surface area contributed by atoms with Crippen LogP contribution in [0.2, 0.25) is 0 Å². The Morgan fingerprint density at radius 2 is 2.17 bits per heavy atom. The fourth-order valence-corrected chi connectivity index (χ4v) is 2.50. The summed E-state index contributed by atoms with van der Waals surface area (Å²) in [6.45, 7) is 5.26. The summed E-state index contributed by atoms with van der Waals surface area (Å²) in [5.41, 5.74) is 0.793. The topological polar surface area (TPSA) is 34.5 Å². The van der Waals surface area contributed by atoms with Gasteiger partial charge in [0, 0.05) is 32.9 Å². The van der Waals surface area contributed by atoms with Crippen molar-refractivity contribution in [1.82, 2.24) is 9.47 Å². The van der Waals surface area contributed by atoms with Crippen LogP contribution in [-0.2, 0) is 11.8 Å². The van der Waals surface area contributed by atoms with Gasteiger partial charge in [-0.3, -0.25) is 9.69 Å². The van der Waals surface area contributed by atoms with Crippen LogP contribution in [0, 0.1) is 0 Å². The Labute approximate surface area is 109 Å². The number of carbonyl (C=O) groups is 1. The summed E-state index contributed by atoms with van der Waals surface area (Å²) in [6.07, 6.45) is 4.37. The standard InChI is InChI=1S/C14H22N2O2/c1-3-18-12-6-9-16(10-7-12)11-14(17)13-5-4-8-15(13)2/h4-5,8,12H,3,6-7,9-11H2,1-2H3. The molecule has 1 aromatic heterocycles. The van der Waals surface area contributed by atoms with Gasteiger partial charge >= 0.3 is 0 Å². The lowest BCUT2D eigenvalue weighted by Crippen LogP contribution is -2.40. The molecule has 0 unspecified atom stereocenters. The van der Waals surface area contributed by atoms with E-state index in [-0.39, 0.29) is 5.78 Å². The maximum atomic E-state index is 12.1. The van der Waals surface area contributed by atoms with E-state index in [0.29, 0.717) is 12.6 Å². The van der Waals surface area contributed by atoms with E-state index in [1.54, 1.807) is 0 Å². The molecule has 18 heavy (non-hydrogen) atoms. The van der Waals surface area contributed by atoms with Gasteiger partial charge in [0.2, 0.25) is 0 Å². The Kier molecular flexibility index (Phi) is 4.55. The number of aromatic nitrogens is 1. The van der Waals surface area contributed by atoms with Crippen molar-refractivity contribution in [2.45, 2.75) is 25.9 Å². The number of hydrogen-bond donors (Lipinski definition) is 0. The maximum absolute atomic E-state index is 12.1. The van der Waals surface area contributed by atoms with Gasteiger partial charge in [-0.05, 0) is 31.9 Å². The number of likely N-dealkylation sites (tertiary alicyclic amines) is 1. The number of piperidine rings is 1. The van der Waals surface area contributed by atoms with Crippen molar-refractivity contribution in [3.8, 4) is 0 Å². The zero-order chi connectivity index (χ0) is 13.0. The number of Topliss-reactive ketones (excluding diaryl/α,β-unsaturated/α-hetero) is 1. The summed E-state index contributed by atoms with van der Waals surface area (Å²) in [5, 5.41) is 0. The van der Waals surface area contributed by atoms with Crippen molar-refractivity contribution in [2.75, 3.05) is 26.2 Å². The molecule has 2 heterocycles. The third kappa shape index (κ3) is 3.21. The smallest absolute Gasteiger partial charge is 0.193 e. The van der Waals surface area contributed by atoms with E-state index in [4.69, 9.17) is 4.74 Å². The SMILES string of the molecule is CCOC1CCN(CC(=O)c2cccn2C)CC1. The van der Waals surface area contributed by atoms with Crippen molar-refractivity contribution >= 4 is 5.78 Å². The van der Waals surface area contributed by atoms with Gasteiger partial charge in [-0.1, -0.05) is 0 Å². The van der Waals surface area contributed by atoms with E-state index in [1.165, 1.54) is 0 Å². The predicted molar refractivity (Wildman–Crippen MR) is 70.8 cm³/mol. The Bertz CT molecular complexity index is 392. The van der Waals surface area contributed by atoms with E-state index in [2.05, 4.69) is 4.90 Å². The van der Waals surface area contributed by atoms with Gasteiger partial charge in [-0.2, -0.15) is 0 Å². The highest BCUT2D eigenvalue weighted by atomic mass is 16.5. The first-order valence-electron chi connectivity index (χ1n) is 6.69. The summed E-state index contributed by atoms with van der Waals surface area (Å²) >= 11 is 0. The molecule has 0 spiro atoms. The number of hydrogen-bond acceptors (Lipinski definition) is 3. The number of ether oxygens (including phenoxy) is 1. The Balaban J connectivity index is 1.81. The molecule has 0 aliphatic carbocycles. The van der Waals surface area contributed by atoms with Gasteiger partial charge in [0.25, 0.3) is 0 Å². The second kappa shape index (κ2) is 6.16. The molecule has 0 radical (unpaired) electrons. The van der Waals surface area contributed by atoms with E-state index < -0.39 is 0 Å². The Morgan fingerprint density at radius 3 is 2.72 bits per heavy atom. The van der Waals surface area contributed by atoms with E-state index >= 15 is 0 Å². The van der Waals surface area contributed by atoms with Crippen LogP contribution < -0.4 is 0 Å². The lowest BCUT2D eigenvalue weighted by Gasteiger charge is -2.31. The average molecular weight is 250 g/mol. The minimum atomic E-state index is 0.206. The van der Waals surface area contributed by atoms with Crippen LogP contribution in [0.25, 0.3) is 0 Å². The molecule has 0 aromatic carbocycles. The third-order valence-corrected chi connectivity index (χ3v) is 3.53. The van der Waals surface area contributed by atoms with Crippen molar-refractivity contribution in [1.29, 1.82) is 0 Å². The molecular weight excluding hydrogens is 228 g/mol. The van der Waals surface area contributed by atoms with E-state index in [0.717, 1.165) is 38.2 Å². The fourth-order valence-electron chi connectivity index (χ4n) is 2.50. The van der Waals surface area contributed by atoms with Gasteiger partial charge in [-0.25, -0.2) is 0 Å². The molecule has 1 aromatic rings. The molecule has 0 amide bonds. The first-order valence-corrected chi connectivity index (χ1v) is 6.69. The molecule has 2 rings (SSSR count). The molecule has 100 valence electrons. The largest absolute Gasteiger partial charge is 0.378 e. The first-order chi connectivity index (χ1) is 8.70. The van der Waals surface area contributed by atoms with Crippen LogP contribution in [0.1, 0.15) is 30.3 Å². The molecule has 1 aliphatic rings. The summed E-state index contributed by atoms with van der Waals surface area (Å²) < 4.78 is 7.50. The van der Waals surface area contributed by atoms with E-state index in [9.17, 15) is 4.79 Å². The molecule has 0 N–H and O–H groups in total. The second-order valence-electron chi connectivity index (χ2n) is 4.86. The summed E-state index contributed by atoms with van der Waals surface area (Å²) in [5.74, 6) is 0.206. The number of aryl methyl sites for hydroxylation is 1. The first kappa shape index (κ1) is 13.3. The van der Waals surface area contributed by atoms with E-state index in [1.807, 2.05) is 36.9 Å². The molecule has 0 bridgehead atoms. The maximum Gasteiger partial charge on any atom is 0.193 e. The molecule has 1 fully saturated rings. The zero-order valence-electron chi connectivity index (χ0n) is 11.3. The number of nitrogens with zero attached hydrogens (tertiary/aromatic N) is 2. The molecule has 0 atom stereocenters. The van der Waals surface area contributed by atoms with Gasteiger partial charge in [-0.15, -0.1) is 0 Å². The molecule has 4 nitrogen and oxygen atoms in total. The van der Waals surface area contributed by atoms with Crippen LogP contribution in [0.5, 0.6) is 0 Å². The van der Waals surface area contributed by atoms with Gasteiger partial charge in [0.1, 0.15) is 0 Å². The lowest BCUT2D eigenvalue weighted by molar-refractivity contribution is 0.0147. The van der Waals surface area contributed by atoms with Gasteiger partial charge in [0.05, 0.1) is 18.3 Å². The molecular formula is C14H22N2O2. The molecule has 1 aliphatic heterocycles.